The van der Waals surface area contributed by atoms with Gasteiger partial charge in [-0.3, -0.25) is 0 Å². The van der Waals surface area contributed by atoms with E-state index in [0.29, 0.717) is 23.6 Å². The van der Waals surface area contributed by atoms with Gasteiger partial charge in [-0.05, 0) is 79.6 Å². The average molecular weight is 815 g/mol. The monoisotopic (exact) mass is 807 g/mol. The lowest BCUT2D eigenvalue weighted by Crippen LogP contribution is -2.24. The summed E-state index contributed by atoms with van der Waals surface area (Å²) in [7, 11) is 6.30. The molecule has 0 saturated carbocycles. The Kier molecular flexibility index (Phi) is 9.94. The van der Waals surface area contributed by atoms with Gasteiger partial charge in [-0.1, -0.05) is 58.0 Å². The highest BCUT2D eigenvalue weighted by atomic mass is 79.9. The zero-order valence-corrected chi connectivity index (χ0v) is 25.2. The number of rotatable bonds is 4. The van der Waals surface area contributed by atoms with Crippen molar-refractivity contribution in [3.63, 3.8) is 0 Å². The summed E-state index contributed by atoms with van der Waals surface area (Å²) in [5.41, 5.74) is 0. The quantitative estimate of drug-likeness (QED) is 0.174. The molecule has 0 heterocycles. The maximum atomic E-state index is 6.30. The van der Waals surface area contributed by atoms with Gasteiger partial charge in [-0.15, -0.1) is 0 Å². The molecule has 0 bridgehead atoms. The highest BCUT2D eigenvalue weighted by molar-refractivity contribution is 9.15. The molecule has 2 rings (SSSR count). The zero-order chi connectivity index (χ0) is 19.9. The molecule has 14 heteroatoms. The Labute approximate surface area is 225 Å². The minimum absolute atomic E-state index is 0.00175. The van der Waals surface area contributed by atoms with Crippen LogP contribution in [-0.4, -0.2) is 13.9 Å². The molecule has 0 atom stereocenters. The van der Waals surface area contributed by atoms with Crippen LogP contribution in [0.3, 0.4) is 0 Å². The lowest BCUT2D eigenvalue weighted by molar-refractivity contribution is 0.444. The Hall–Kier alpha value is 2.71. The predicted molar refractivity (Wildman–Crippen MR) is 129 cm³/mol. The third kappa shape index (κ3) is 5.12. The molecule has 0 saturated heterocycles. The molecule has 0 fully saturated rings. The van der Waals surface area contributed by atoms with E-state index in [1.807, 2.05) is 0 Å². The van der Waals surface area contributed by atoms with E-state index in [1.54, 1.807) is 0 Å². The van der Waals surface area contributed by atoms with Gasteiger partial charge in [0.2, 0.25) is 0 Å². The molecule has 0 unspecified atom stereocenters. The highest BCUT2D eigenvalue weighted by Crippen LogP contribution is 2.50. The number of benzene rings is 2. The minimum Gasteiger partial charge on any atom is -0.598 e. The number of halogens is 11. The van der Waals surface area contributed by atoms with Crippen molar-refractivity contribution in [1.82, 2.24) is 0 Å². The molecule has 0 aliphatic heterocycles. The fourth-order valence-electron chi connectivity index (χ4n) is 1.59. The van der Waals surface area contributed by atoms with Crippen molar-refractivity contribution in [3.05, 3.63) is 47.5 Å². The van der Waals surface area contributed by atoms with Gasteiger partial charge in [-0.2, -0.15) is 10.0 Å². The highest BCUT2D eigenvalue weighted by Gasteiger charge is 2.36. The van der Waals surface area contributed by atoms with E-state index < -0.39 is 13.9 Å². The van der Waals surface area contributed by atoms with Crippen LogP contribution in [0.1, 0.15) is 0 Å². The lowest BCUT2D eigenvalue weighted by Gasteiger charge is -2.19. The van der Waals surface area contributed by atoms with Crippen LogP contribution in [0, 0.1) is 0 Å². The van der Waals surface area contributed by atoms with Crippen molar-refractivity contribution in [3.8, 4) is 11.5 Å². The third-order valence-electron chi connectivity index (χ3n) is 2.76. The first kappa shape index (κ1) is 25.0. The van der Waals surface area contributed by atoms with Gasteiger partial charge in [-0.25, -0.2) is 0 Å². The molecule has 0 aliphatic carbocycles. The van der Waals surface area contributed by atoms with E-state index in [0.717, 1.165) is 4.47 Å². The molecule has 0 spiro atoms. The maximum absolute atomic E-state index is 6.30. The van der Waals surface area contributed by atoms with E-state index in [9.17, 15) is 0 Å². The van der Waals surface area contributed by atoms with Crippen molar-refractivity contribution in [2.24, 2.45) is 0 Å². The largest absolute Gasteiger partial charge is 0.999 e. The smallest absolute Gasteiger partial charge is 0.598 e. The van der Waals surface area contributed by atoms with Gasteiger partial charge < -0.3 is 7.58 Å². The van der Waals surface area contributed by atoms with Crippen LogP contribution in [0.15, 0.2) is 22.4 Å². The SMILES string of the molecule is Clc1c(Cl)c(Cl)c([O][Al]([Cl])[O]c2c(Br)c(Br)c(Br)c(Br)c2Br)c(Cl)c1Cl. The van der Waals surface area contributed by atoms with E-state index in [2.05, 4.69) is 79.6 Å². The molecular formula is C12AlBr5Cl6O2. The normalized spacial score (nSPS) is 10.9. The van der Waals surface area contributed by atoms with Crippen LogP contribution in [0.4, 0.5) is 0 Å². The second-order valence-corrected chi connectivity index (χ2v) is 12.3. The molecule has 2 nitrogen and oxygen atoms in total. The van der Waals surface area contributed by atoms with Gasteiger partial charge in [0.05, 0.1) is 33.0 Å². The summed E-state index contributed by atoms with van der Waals surface area (Å²) in [6, 6.07) is 0. The van der Waals surface area contributed by atoms with E-state index in [1.165, 1.54) is 0 Å². The molecule has 140 valence electrons. The van der Waals surface area contributed by atoms with Crippen molar-refractivity contribution in [2.75, 3.05) is 0 Å². The van der Waals surface area contributed by atoms with Crippen LogP contribution in [0.5, 0.6) is 11.5 Å². The number of hydrogen-bond donors (Lipinski definition) is 0. The fourth-order valence-corrected chi connectivity index (χ4v) is 7.91. The summed E-state index contributed by atoms with van der Waals surface area (Å²) in [4.78, 5) is 0. The van der Waals surface area contributed by atoms with Crippen LogP contribution in [-0.2, 0) is 0 Å². The summed E-state index contributed by atoms with van der Waals surface area (Å²) in [6.45, 7) is 0. The molecule has 0 aromatic heterocycles. The first-order valence-corrected chi connectivity index (χ1v) is 14.5. The van der Waals surface area contributed by atoms with Crippen molar-refractivity contribution in [1.29, 1.82) is 0 Å². The summed E-state index contributed by atoms with van der Waals surface area (Å²) in [5.74, 6) is 0.416. The zero-order valence-electron chi connectivity index (χ0n) is 11.6. The Morgan fingerprint density at radius 3 is 1.23 bits per heavy atom. The summed E-state index contributed by atoms with van der Waals surface area (Å²) in [5, 5.41) is 0.0167. The lowest BCUT2D eigenvalue weighted by atomic mass is 10.3. The van der Waals surface area contributed by atoms with Gasteiger partial charge in [0, 0.05) is 4.47 Å². The molecule has 0 amide bonds. The number of hydrogen-bond acceptors (Lipinski definition) is 2. The van der Waals surface area contributed by atoms with E-state index >= 15 is 0 Å². The molecule has 2 aromatic rings. The van der Waals surface area contributed by atoms with Gasteiger partial charge in [0.15, 0.2) is 0 Å². The summed E-state index contributed by atoms with van der Waals surface area (Å²) >= 11 is 44.6. The van der Waals surface area contributed by atoms with Crippen LogP contribution < -0.4 is 7.58 Å². The van der Waals surface area contributed by atoms with Crippen LogP contribution in [0.25, 0.3) is 0 Å². The molecular weight excluding hydrogens is 815 g/mol. The summed E-state index contributed by atoms with van der Waals surface area (Å²) in [6.07, 6.45) is 0. The van der Waals surface area contributed by atoms with E-state index in [4.69, 9.17) is 75.6 Å². The molecule has 0 radical (unpaired) electrons. The standard InChI is InChI=1S/C6HBr5O.C6HCl5O.Al.ClH/c2*7-1-2(8)4(10)6(12)5(11)3(1)9;;/h2*12H;;1H/q;;+3;/p-3. The molecule has 0 aliphatic rings. The minimum atomic E-state index is -2.86. The van der Waals surface area contributed by atoms with Crippen LogP contribution in [0.2, 0.25) is 25.1 Å². The third-order valence-corrected chi connectivity index (χ3v) is 12.4. The fraction of sp³-hybridized carbons (Fsp3) is 0. The Morgan fingerprint density at radius 1 is 0.500 bits per heavy atom. The maximum Gasteiger partial charge on any atom is 0.999 e. The second kappa shape index (κ2) is 10.3. The Balaban J connectivity index is 2.39. The van der Waals surface area contributed by atoms with Crippen molar-refractivity contribution >= 4 is 162 Å². The van der Waals surface area contributed by atoms with Gasteiger partial charge in [0.1, 0.15) is 21.5 Å². The van der Waals surface area contributed by atoms with E-state index in [-0.39, 0.29) is 30.9 Å². The van der Waals surface area contributed by atoms with Crippen LogP contribution >= 0.6 is 148 Å². The molecule has 0 N–H and O–H groups in total. The topological polar surface area (TPSA) is 18.5 Å². The second-order valence-electron chi connectivity index (χ2n) is 4.31. The van der Waals surface area contributed by atoms with Gasteiger partial charge >= 0.3 is 13.9 Å². The molecule has 2 aromatic carbocycles. The Morgan fingerprint density at radius 2 is 0.808 bits per heavy atom. The van der Waals surface area contributed by atoms with Crippen molar-refractivity contribution < 1.29 is 7.58 Å². The first-order chi connectivity index (χ1) is 12.0. The van der Waals surface area contributed by atoms with Gasteiger partial charge in [0.25, 0.3) is 0 Å². The molecule has 26 heavy (non-hydrogen) atoms. The summed E-state index contributed by atoms with van der Waals surface area (Å²) < 4.78 is 14.9. The first-order valence-electron chi connectivity index (χ1n) is 5.99. The average Bonchev–Trinajstić information content (AvgIpc) is 2.62. The Bertz CT molecular complexity index is 770. The predicted octanol–water partition coefficient (Wildman–Crippen LogP) is 10.4. The van der Waals surface area contributed by atoms with Crippen molar-refractivity contribution in [2.45, 2.75) is 0 Å².